The molecular formula is C15H15N3S. The molecule has 0 aliphatic rings. The van der Waals surface area contributed by atoms with Crippen molar-refractivity contribution in [1.29, 1.82) is 0 Å². The second-order valence-electron chi connectivity index (χ2n) is 4.58. The van der Waals surface area contributed by atoms with Crippen LogP contribution in [0.1, 0.15) is 24.2 Å². The molecule has 0 amide bonds. The molecule has 96 valence electrons. The average Bonchev–Trinajstić information content (AvgIpc) is 2.88. The molecule has 0 aliphatic heterocycles. The van der Waals surface area contributed by atoms with Crippen LogP contribution in [0.2, 0.25) is 0 Å². The van der Waals surface area contributed by atoms with Crippen molar-refractivity contribution in [3.8, 4) is 0 Å². The van der Waals surface area contributed by atoms with Crippen molar-refractivity contribution in [2.45, 2.75) is 19.9 Å². The Morgan fingerprint density at radius 3 is 3.00 bits per heavy atom. The first-order valence-electron chi connectivity index (χ1n) is 6.25. The molecule has 0 unspecified atom stereocenters. The van der Waals surface area contributed by atoms with Crippen molar-refractivity contribution in [1.82, 2.24) is 9.97 Å². The van der Waals surface area contributed by atoms with E-state index in [9.17, 15) is 0 Å². The lowest BCUT2D eigenvalue weighted by Crippen LogP contribution is -2.08. The molecule has 19 heavy (non-hydrogen) atoms. The van der Waals surface area contributed by atoms with E-state index >= 15 is 0 Å². The summed E-state index contributed by atoms with van der Waals surface area (Å²) in [7, 11) is 0. The van der Waals surface area contributed by atoms with E-state index in [0.29, 0.717) is 0 Å². The molecule has 3 aromatic rings. The maximum absolute atomic E-state index is 4.48. The van der Waals surface area contributed by atoms with Gasteiger partial charge in [0.25, 0.3) is 0 Å². The van der Waals surface area contributed by atoms with E-state index in [0.717, 1.165) is 16.9 Å². The van der Waals surface area contributed by atoms with Gasteiger partial charge in [0.15, 0.2) is 0 Å². The molecule has 0 fully saturated rings. The molecule has 0 aliphatic carbocycles. The number of hydrogen-bond acceptors (Lipinski definition) is 4. The zero-order chi connectivity index (χ0) is 13.2. The van der Waals surface area contributed by atoms with Crippen LogP contribution in [-0.4, -0.2) is 9.97 Å². The highest BCUT2D eigenvalue weighted by atomic mass is 32.1. The maximum Gasteiger partial charge on any atom is 0.0809 e. The smallest absolute Gasteiger partial charge is 0.0809 e. The first-order valence-corrected chi connectivity index (χ1v) is 7.13. The van der Waals surface area contributed by atoms with Gasteiger partial charge in [0.2, 0.25) is 0 Å². The van der Waals surface area contributed by atoms with E-state index in [4.69, 9.17) is 0 Å². The predicted molar refractivity (Wildman–Crippen MR) is 80.6 cm³/mol. The Hall–Kier alpha value is -1.94. The third kappa shape index (κ3) is 2.44. The number of nitrogens with one attached hydrogen (secondary N) is 1. The Kier molecular flexibility index (Phi) is 3.17. The number of aryl methyl sites for hydroxylation is 1. The summed E-state index contributed by atoms with van der Waals surface area (Å²) in [5.41, 5.74) is 4.34. The highest BCUT2D eigenvalue weighted by molar-refractivity contribution is 7.17. The van der Waals surface area contributed by atoms with Crippen molar-refractivity contribution in [2.24, 2.45) is 0 Å². The van der Waals surface area contributed by atoms with Crippen LogP contribution in [0.15, 0.2) is 42.0 Å². The van der Waals surface area contributed by atoms with Gasteiger partial charge in [-0.1, -0.05) is 0 Å². The SMILES string of the molecule is Cc1ncccc1N[C@@H](C)c1cnc2ccsc2c1. The average molecular weight is 269 g/mol. The summed E-state index contributed by atoms with van der Waals surface area (Å²) in [4.78, 5) is 8.77. The molecule has 3 nitrogen and oxygen atoms in total. The third-order valence-electron chi connectivity index (χ3n) is 3.20. The Labute approximate surface area is 116 Å². The van der Waals surface area contributed by atoms with Crippen LogP contribution in [0.3, 0.4) is 0 Å². The third-order valence-corrected chi connectivity index (χ3v) is 4.06. The highest BCUT2D eigenvalue weighted by Gasteiger charge is 2.09. The molecule has 3 aromatic heterocycles. The van der Waals surface area contributed by atoms with Gasteiger partial charge in [0.1, 0.15) is 0 Å². The van der Waals surface area contributed by atoms with Crippen LogP contribution in [0, 0.1) is 6.92 Å². The molecule has 0 bridgehead atoms. The van der Waals surface area contributed by atoms with Crippen molar-refractivity contribution >= 4 is 27.2 Å². The molecule has 1 N–H and O–H groups in total. The number of thiophene rings is 1. The molecule has 1 atom stereocenters. The zero-order valence-electron chi connectivity index (χ0n) is 10.9. The van der Waals surface area contributed by atoms with Crippen LogP contribution >= 0.6 is 11.3 Å². The van der Waals surface area contributed by atoms with E-state index in [1.165, 1.54) is 10.3 Å². The lowest BCUT2D eigenvalue weighted by molar-refractivity contribution is 0.875. The summed E-state index contributed by atoms with van der Waals surface area (Å²) >= 11 is 1.73. The number of anilines is 1. The van der Waals surface area contributed by atoms with E-state index in [1.807, 2.05) is 31.5 Å². The first-order chi connectivity index (χ1) is 9.24. The van der Waals surface area contributed by atoms with Crippen molar-refractivity contribution in [3.05, 3.63) is 53.3 Å². The normalized spacial score (nSPS) is 12.5. The van der Waals surface area contributed by atoms with Crippen LogP contribution in [-0.2, 0) is 0 Å². The lowest BCUT2D eigenvalue weighted by Gasteiger charge is -2.16. The number of rotatable bonds is 3. The molecular weight excluding hydrogens is 254 g/mol. The van der Waals surface area contributed by atoms with Crippen molar-refractivity contribution in [2.75, 3.05) is 5.32 Å². The molecule has 3 heterocycles. The summed E-state index contributed by atoms with van der Waals surface area (Å²) in [5, 5.41) is 5.56. The monoisotopic (exact) mass is 269 g/mol. The Morgan fingerprint density at radius 1 is 1.26 bits per heavy atom. The predicted octanol–water partition coefficient (Wildman–Crippen LogP) is 4.17. The van der Waals surface area contributed by atoms with Gasteiger partial charge in [0.05, 0.1) is 27.6 Å². The minimum Gasteiger partial charge on any atom is -0.377 e. The Bertz CT molecular complexity index is 705. The fourth-order valence-electron chi connectivity index (χ4n) is 2.05. The topological polar surface area (TPSA) is 37.8 Å². The molecule has 0 spiro atoms. The number of hydrogen-bond donors (Lipinski definition) is 1. The van der Waals surface area contributed by atoms with Gasteiger partial charge < -0.3 is 5.32 Å². The summed E-state index contributed by atoms with van der Waals surface area (Å²) in [5.74, 6) is 0. The number of fused-ring (bicyclic) bond motifs is 1. The second-order valence-corrected chi connectivity index (χ2v) is 5.52. The maximum atomic E-state index is 4.48. The van der Waals surface area contributed by atoms with Crippen LogP contribution < -0.4 is 5.32 Å². The Balaban J connectivity index is 1.87. The zero-order valence-corrected chi connectivity index (χ0v) is 11.7. The Morgan fingerprint density at radius 2 is 2.16 bits per heavy atom. The molecule has 3 rings (SSSR count). The van der Waals surface area contributed by atoms with Gasteiger partial charge in [-0.25, -0.2) is 0 Å². The van der Waals surface area contributed by atoms with Gasteiger partial charge in [0, 0.05) is 12.4 Å². The van der Waals surface area contributed by atoms with Crippen LogP contribution in [0.25, 0.3) is 10.2 Å². The van der Waals surface area contributed by atoms with Gasteiger partial charge in [-0.3, -0.25) is 9.97 Å². The van der Waals surface area contributed by atoms with E-state index in [1.54, 1.807) is 11.3 Å². The second kappa shape index (κ2) is 4.97. The summed E-state index contributed by atoms with van der Waals surface area (Å²) in [6.45, 7) is 4.15. The van der Waals surface area contributed by atoms with Gasteiger partial charge in [-0.2, -0.15) is 0 Å². The number of nitrogens with zero attached hydrogens (tertiary/aromatic N) is 2. The molecule has 0 radical (unpaired) electrons. The molecule has 0 saturated heterocycles. The first kappa shape index (κ1) is 12.1. The van der Waals surface area contributed by atoms with Crippen molar-refractivity contribution < 1.29 is 0 Å². The fraction of sp³-hybridized carbons (Fsp3) is 0.200. The standard InChI is InChI=1S/C15H15N3S/c1-10(18-13-4-3-6-16-11(13)2)12-8-15-14(17-9-12)5-7-19-15/h3-10,18H,1-2H3/t10-/m0/s1. The van der Waals surface area contributed by atoms with Crippen LogP contribution in [0.5, 0.6) is 0 Å². The summed E-state index contributed by atoms with van der Waals surface area (Å²) in [6.07, 6.45) is 3.75. The fourth-order valence-corrected chi connectivity index (χ4v) is 2.84. The quantitative estimate of drug-likeness (QED) is 0.775. The van der Waals surface area contributed by atoms with Gasteiger partial charge in [-0.05, 0) is 49.1 Å². The molecule has 0 saturated carbocycles. The van der Waals surface area contributed by atoms with E-state index in [-0.39, 0.29) is 6.04 Å². The van der Waals surface area contributed by atoms with E-state index in [2.05, 4.69) is 39.7 Å². The summed E-state index contributed by atoms with van der Waals surface area (Å²) < 4.78 is 1.23. The van der Waals surface area contributed by atoms with Crippen LogP contribution in [0.4, 0.5) is 5.69 Å². The lowest BCUT2D eigenvalue weighted by atomic mass is 10.1. The molecule has 0 aromatic carbocycles. The number of aromatic nitrogens is 2. The summed E-state index contributed by atoms with van der Waals surface area (Å²) in [6, 6.07) is 8.46. The van der Waals surface area contributed by atoms with Gasteiger partial charge in [-0.15, -0.1) is 11.3 Å². The molecule has 4 heteroatoms. The number of pyridine rings is 2. The van der Waals surface area contributed by atoms with Gasteiger partial charge >= 0.3 is 0 Å². The van der Waals surface area contributed by atoms with E-state index < -0.39 is 0 Å². The largest absolute Gasteiger partial charge is 0.377 e. The highest BCUT2D eigenvalue weighted by Crippen LogP contribution is 2.25. The minimum atomic E-state index is 0.210. The van der Waals surface area contributed by atoms with Crippen molar-refractivity contribution in [3.63, 3.8) is 0 Å². The minimum absolute atomic E-state index is 0.210.